The Morgan fingerprint density at radius 3 is 1.55 bits per heavy atom. The molecule has 0 radical (unpaired) electrons. The third-order valence-electron chi connectivity index (χ3n) is 13.0. The Balaban J connectivity index is 1.07. The van der Waals surface area contributed by atoms with E-state index in [0.717, 1.165) is 77.8 Å². The van der Waals surface area contributed by atoms with E-state index in [1.807, 2.05) is 0 Å². The molecule has 10 aromatic carbocycles. The monoisotopic (exact) mass is 787 g/mol. The lowest BCUT2D eigenvalue weighted by molar-refractivity contribution is 1.01. The van der Waals surface area contributed by atoms with Crippen molar-refractivity contribution in [2.24, 2.45) is 9.98 Å². The lowest BCUT2D eigenvalue weighted by atomic mass is 9.88. The number of aliphatic imine (C=N–C) groups is 2. The molecular weight excluding hydrogens is 751 g/mol. The number of aromatic nitrogens is 1. The molecule has 1 unspecified atom stereocenters. The van der Waals surface area contributed by atoms with E-state index in [4.69, 9.17) is 9.98 Å². The number of fused-ring (bicyclic) bond motifs is 10. The zero-order valence-corrected chi connectivity index (χ0v) is 33.7. The summed E-state index contributed by atoms with van der Waals surface area (Å²) in [5.41, 5.74) is 17.7. The molecule has 13 rings (SSSR count). The van der Waals surface area contributed by atoms with E-state index in [-0.39, 0.29) is 5.92 Å². The van der Waals surface area contributed by atoms with Crippen molar-refractivity contribution in [2.45, 2.75) is 5.92 Å². The molecule has 0 saturated heterocycles. The molecule has 1 atom stereocenters. The molecule has 0 amide bonds. The molecular formula is C59H37N3. The summed E-state index contributed by atoms with van der Waals surface area (Å²) in [5.74, 6) is 0.172. The molecule has 288 valence electrons. The summed E-state index contributed by atoms with van der Waals surface area (Å²) in [6.07, 6.45) is 0. The second-order valence-electron chi connectivity index (χ2n) is 16.5. The van der Waals surface area contributed by atoms with Crippen LogP contribution < -0.4 is 0 Å². The van der Waals surface area contributed by atoms with E-state index in [1.54, 1.807) is 0 Å². The van der Waals surface area contributed by atoms with Gasteiger partial charge >= 0.3 is 0 Å². The van der Waals surface area contributed by atoms with Gasteiger partial charge in [-0.25, -0.2) is 9.98 Å². The van der Waals surface area contributed by atoms with E-state index < -0.39 is 0 Å². The van der Waals surface area contributed by atoms with Gasteiger partial charge in [0, 0.05) is 44.6 Å². The predicted molar refractivity (Wildman–Crippen MR) is 259 cm³/mol. The van der Waals surface area contributed by atoms with Crippen LogP contribution in [0.15, 0.2) is 228 Å². The Kier molecular flexibility index (Phi) is 7.67. The second kappa shape index (κ2) is 13.7. The first-order chi connectivity index (χ1) is 30.7. The van der Waals surface area contributed by atoms with E-state index in [0.29, 0.717) is 0 Å². The molecule has 2 aliphatic rings. The van der Waals surface area contributed by atoms with Gasteiger partial charge in [-0.2, -0.15) is 0 Å². The van der Waals surface area contributed by atoms with Crippen LogP contribution in [0.3, 0.4) is 0 Å². The number of para-hydroxylation sites is 2. The Morgan fingerprint density at radius 1 is 0.339 bits per heavy atom. The minimum absolute atomic E-state index is 0.172. The van der Waals surface area contributed by atoms with E-state index in [1.165, 1.54) is 44.1 Å². The van der Waals surface area contributed by atoms with Crippen LogP contribution >= 0.6 is 0 Å². The molecule has 3 nitrogen and oxygen atoms in total. The van der Waals surface area contributed by atoms with Crippen molar-refractivity contribution in [1.29, 1.82) is 0 Å². The highest BCUT2D eigenvalue weighted by molar-refractivity contribution is 6.25. The topological polar surface area (TPSA) is 29.6 Å². The number of rotatable bonds is 4. The summed E-state index contributed by atoms with van der Waals surface area (Å²) in [5, 5.41) is 6.98. The highest BCUT2D eigenvalue weighted by atomic mass is 15.0. The number of benzene rings is 10. The Hall–Kier alpha value is -8.14. The Morgan fingerprint density at radius 2 is 0.855 bits per heavy atom. The van der Waals surface area contributed by atoms with Crippen LogP contribution in [0.4, 0.5) is 11.4 Å². The average molecular weight is 788 g/mol. The molecule has 3 heteroatoms. The molecule has 0 fully saturated rings. The lowest BCUT2D eigenvalue weighted by Crippen LogP contribution is -2.11. The molecule has 1 aliphatic carbocycles. The molecule has 0 spiro atoms. The van der Waals surface area contributed by atoms with Crippen molar-refractivity contribution in [3.8, 4) is 16.8 Å². The molecule has 2 heterocycles. The second-order valence-corrected chi connectivity index (χ2v) is 16.5. The third-order valence-corrected chi connectivity index (χ3v) is 13.0. The first-order valence-electron chi connectivity index (χ1n) is 21.3. The largest absolute Gasteiger partial charge is 0.309 e. The zero-order chi connectivity index (χ0) is 40.7. The van der Waals surface area contributed by atoms with Gasteiger partial charge < -0.3 is 4.57 Å². The smallest absolute Gasteiger partial charge is 0.0803 e. The molecule has 0 saturated carbocycles. The first-order valence-corrected chi connectivity index (χ1v) is 21.3. The van der Waals surface area contributed by atoms with Gasteiger partial charge in [0.2, 0.25) is 0 Å². The molecule has 0 bridgehead atoms. The quantitative estimate of drug-likeness (QED) is 0.170. The van der Waals surface area contributed by atoms with Gasteiger partial charge in [0.05, 0.1) is 33.8 Å². The number of nitrogens with zero attached hydrogens (tertiary/aromatic N) is 3. The van der Waals surface area contributed by atoms with Crippen molar-refractivity contribution in [2.75, 3.05) is 0 Å². The first kappa shape index (κ1) is 34.7. The minimum Gasteiger partial charge on any atom is -0.309 e. The highest BCUT2D eigenvalue weighted by Gasteiger charge is 2.31. The van der Waals surface area contributed by atoms with Gasteiger partial charge in [-0.3, -0.25) is 0 Å². The fourth-order valence-corrected chi connectivity index (χ4v) is 10.2. The predicted octanol–water partition coefficient (Wildman–Crippen LogP) is 14.9. The van der Waals surface area contributed by atoms with Crippen molar-refractivity contribution < 1.29 is 0 Å². The van der Waals surface area contributed by atoms with Gasteiger partial charge in [-0.05, 0) is 110 Å². The van der Waals surface area contributed by atoms with Crippen LogP contribution in [0.1, 0.15) is 44.9 Å². The zero-order valence-electron chi connectivity index (χ0n) is 33.7. The fraction of sp³-hybridized carbons (Fsp3) is 0.0169. The van der Waals surface area contributed by atoms with Crippen LogP contribution in [0.25, 0.3) is 60.2 Å². The SMILES string of the molecule is c1ccc(C2c3ccccc3-c3cc(/C4=N/c5cc6ccccc6cc5/C(c5ccc6c(c5)c5ccccc5n6-c5ccccc5)=N\c5cc6ccccc6cc54)ccc32)cc1. The molecule has 11 aromatic rings. The summed E-state index contributed by atoms with van der Waals surface area (Å²) < 4.78 is 2.37. The van der Waals surface area contributed by atoms with Crippen molar-refractivity contribution in [3.05, 3.63) is 257 Å². The number of hydrogen-bond acceptors (Lipinski definition) is 2. The maximum Gasteiger partial charge on any atom is 0.0803 e. The number of hydrogen-bond donors (Lipinski definition) is 0. The van der Waals surface area contributed by atoms with Crippen LogP contribution in [-0.2, 0) is 0 Å². The van der Waals surface area contributed by atoms with Crippen LogP contribution in [0, 0.1) is 0 Å². The normalized spacial score (nSPS) is 15.8. The molecule has 1 aliphatic heterocycles. The molecule has 0 N–H and O–H groups in total. The Labute approximate surface area is 359 Å². The molecule has 62 heavy (non-hydrogen) atoms. The van der Waals surface area contributed by atoms with Crippen molar-refractivity contribution in [3.63, 3.8) is 0 Å². The highest BCUT2D eigenvalue weighted by Crippen LogP contribution is 2.49. The minimum atomic E-state index is 0.172. The van der Waals surface area contributed by atoms with Gasteiger partial charge in [0.25, 0.3) is 0 Å². The van der Waals surface area contributed by atoms with Crippen LogP contribution in [-0.4, -0.2) is 16.0 Å². The lowest BCUT2D eigenvalue weighted by Gasteiger charge is -2.20. The summed E-state index contributed by atoms with van der Waals surface area (Å²) >= 11 is 0. The van der Waals surface area contributed by atoms with Gasteiger partial charge in [-0.1, -0.05) is 158 Å². The van der Waals surface area contributed by atoms with E-state index in [2.05, 4.69) is 223 Å². The van der Waals surface area contributed by atoms with Gasteiger partial charge in [-0.15, -0.1) is 0 Å². The van der Waals surface area contributed by atoms with Gasteiger partial charge in [0.1, 0.15) is 0 Å². The standard InChI is InChI=1S/C59H37N3/c1-3-15-37(16-4-1)57-47-25-12-11-23-45(47)49-33-42(27-29-48(49)57)58-51-31-38-17-7-9-19-40(38)35-53(51)61-59(52-32-39-18-8-10-20-41(39)36-54(52)60-58)43-28-30-56-50(34-43)46-24-13-14-26-55(46)62(56)44-21-5-2-6-22-44/h1-36,57H/b58-51?,59-52?,60-54?,60-58-,61-53?,61-59-. The molecule has 1 aromatic heterocycles. The van der Waals surface area contributed by atoms with Crippen LogP contribution in [0.2, 0.25) is 0 Å². The summed E-state index contributed by atoms with van der Waals surface area (Å²) in [6, 6.07) is 79.2. The van der Waals surface area contributed by atoms with Crippen molar-refractivity contribution in [1.82, 2.24) is 4.57 Å². The summed E-state index contributed by atoms with van der Waals surface area (Å²) in [4.78, 5) is 11.6. The van der Waals surface area contributed by atoms with E-state index in [9.17, 15) is 0 Å². The van der Waals surface area contributed by atoms with Gasteiger partial charge in [0.15, 0.2) is 0 Å². The summed E-state index contributed by atoms with van der Waals surface area (Å²) in [6.45, 7) is 0. The van der Waals surface area contributed by atoms with Crippen molar-refractivity contribution >= 4 is 66.1 Å². The maximum atomic E-state index is 5.79. The maximum absolute atomic E-state index is 5.79. The Bertz CT molecular complexity index is 3690. The summed E-state index contributed by atoms with van der Waals surface area (Å²) in [7, 11) is 0. The fourth-order valence-electron chi connectivity index (χ4n) is 10.2. The van der Waals surface area contributed by atoms with E-state index >= 15 is 0 Å². The average Bonchev–Trinajstić information content (AvgIpc) is 3.84. The van der Waals surface area contributed by atoms with Crippen LogP contribution in [0.5, 0.6) is 0 Å². The third kappa shape index (κ3) is 5.38.